The Bertz CT molecular complexity index is 956. The highest BCUT2D eigenvalue weighted by atomic mass is 16.5. The van der Waals surface area contributed by atoms with Crippen LogP contribution in [0.1, 0.15) is 37.7 Å². The van der Waals surface area contributed by atoms with Crippen molar-refractivity contribution in [2.45, 2.75) is 13.8 Å². The Morgan fingerprint density at radius 2 is 1.72 bits per heavy atom. The first-order valence-corrected chi connectivity index (χ1v) is 8.69. The van der Waals surface area contributed by atoms with Gasteiger partial charge in [0.05, 0.1) is 32.6 Å². The summed E-state index contributed by atoms with van der Waals surface area (Å²) in [6, 6.07) is 5.16. The van der Waals surface area contributed by atoms with Gasteiger partial charge in [0.1, 0.15) is 0 Å². The smallest absolute Gasteiger partial charge is 0.339 e. The topological polar surface area (TPSA) is 104 Å². The van der Waals surface area contributed by atoms with E-state index in [0.717, 1.165) is 0 Å². The molecular formula is C21H23NO7. The van der Waals surface area contributed by atoms with E-state index in [2.05, 4.69) is 4.98 Å². The molecule has 1 N–H and O–H groups in total. The number of H-pyrrole nitrogens is 1. The summed E-state index contributed by atoms with van der Waals surface area (Å²) in [7, 11) is 4.31. The van der Waals surface area contributed by atoms with E-state index in [9.17, 15) is 14.4 Å². The van der Waals surface area contributed by atoms with Gasteiger partial charge in [-0.15, -0.1) is 0 Å². The molecule has 0 unspecified atom stereocenters. The van der Waals surface area contributed by atoms with Crippen molar-refractivity contribution in [1.82, 2.24) is 4.98 Å². The summed E-state index contributed by atoms with van der Waals surface area (Å²) < 4.78 is 20.1. The molecule has 1 heterocycles. The lowest BCUT2D eigenvalue weighted by molar-refractivity contribution is -0.136. The molecule has 154 valence electrons. The number of methoxy groups -OCH3 is 3. The number of nitrogens with one attached hydrogen (secondary N) is 1. The largest absolute Gasteiger partial charge is 0.493 e. The minimum Gasteiger partial charge on any atom is -0.493 e. The highest BCUT2D eigenvalue weighted by Gasteiger charge is 2.22. The fourth-order valence-corrected chi connectivity index (χ4v) is 2.81. The number of carbonyl (C=O) groups excluding carboxylic acids is 3. The number of carbonyl (C=O) groups is 3. The van der Waals surface area contributed by atoms with Gasteiger partial charge < -0.3 is 23.9 Å². The Hall–Kier alpha value is -3.55. The molecule has 0 bridgehead atoms. The third kappa shape index (κ3) is 5.04. The standard InChI is InChI=1S/C21H23NO7/c1-12-19(21(25)28-5)13(2)22-20(12)15(23)11-29-18(24)9-7-14-6-8-16(26-3)17(10-14)27-4/h6-10,22H,11H2,1-5H3/b9-7+. The molecule has 1 aromatic carbocycles. The molecule has 8 heteroatoms. The summed E-state index contributed by atoms with van der Waals surface area (Å²) in [5.74, 6) is -0.570. The molecule has 8 nitrogen and oxygen atoms in total. The van der Waals surface area contributed by atoms with Crippen molar-refractivity contribution < 1.29 is 33.3 Å². The predicted molar refractivity (Wildman–Crippen MR) is 105 cm³/mol. The molecule has 29 heavy (non-hydrogen) atoms. The zero-order valence-corrected chi connectivity index (χ0v) is 17.0. The van der Waals surface area contributed by atoms with Gasteiger partial charge in [0, 0.05) is 11.8 Å². The van der Waals surface area contributed by atoms with Gasteiger partial charge in [-0.3, -0.25) is 4.79 Å². The number of hydrogen-bond donors (Lipinski definition) is 1. The minimum atomic E-state index is -0.678. The van der Waals surface area contributed by atoms with Crippen molar-refractivity contribution in [3.05, 3.63) is 52.4 Å². The van der Waals surface area contributed by atoms with Crippen LogP contribution in [-0.4, -0.2) is 50.6 Å². The highest BCUT2D eigenvalue weighted by Crippen LogP contribution is 2.28. The molecule has 2 aromatic rings. The number of rotatable bonds is 8. The second-order valence-corrected chi connectivity index (χ2v) is 6.10. The molecule has 0 radical (unpaired) electrons. The number of esters is 2. The summed E-state index contributed by atoms with van der Waals surface area (Å²) in [4.78, 5) is 38.9. The van der Waals surface area contributed by atoms with Crippen LogP contribution in [0.3, 0.4) is 0 Å². The van der Waals surface area contributed by atoms with Crippen LogP contribution in [0.5, 0.6) is 11.5 Å². The molecule has 0 spiro atoms. The molecule has 0 aliphatic rings. The summed E-state index contributed by atoms with van der Waals surface area (Å²) >= 11 is 0. The Morgan fingerprint density at radius 1 is 1.03 bits per heavy atom. The van der Waals surface area contributed by atoms with Crippen molar-refractivity contribution in [2.75, 3.05) is 27.9 Å². The molecule has 0 fully saturated rings. The van der Waals surface area contributed by atoms with E-state index in [1.807, 2.05) is 0 Å². The lowest BCUT2D eigenvalue weighted by Crippen LogP contribution is -2.14. The fourth-order valence-electron chi connectivity index (χ4n) is 2.81. The molecule has 1 aromatic heterocycles. The first-order valence-electron chi connectivity index (χ1n) is 8.69. The fraction of sp³-hybridized carbons (Fsp3) is 0.286. The highest BCUT2D eigenvalue weighted by molar-refractivity contribution is 6.03. The van der Waals surface area contributed by atoms with Gasteiger partial charge in [0.15, 0.2) is 18.1 Å². The van der Waals surface area contributed by atoms with Crippen molar-refractivity contribution in [3.8, 4) is 11.5 Å². The van der Waals surface area contributed by atoms with Crippen LogP contribution in [0, 0.1) is 13.8 Å². The van der Waals surface area contributed by atoms with Crippen molar-refractivity contribution >= 4 is 23.8 Å². The average molecular weight is 401 g/mol. The Morgan fingerprint density at radius 3 is 2.34 bits per heavy atom. The first kappa shape index (κ1) is 21.7. The molecule has 0 saturated heterocycles. The SMILES string of the molecule is COC(=O)c1c(C)[nH]c(C(=O)COC(=O)/C=C/c2ccc(OC)c(OC)c2)c1C. The van der Waals surface area contributed by atoms with E-state index in [0.29, 0.717) is 33.9 Å². The quantitative estimate of drug-likeness (QED) is 0.412. The summed E-state index contributed by atoms with van der Waals surface area (Å²) in [5, 5.41) is 0. The molecule has 2 rings (SSSR count). The Kier molecular flexibility index (Phi) is 7.19. The molecule has 0 aliphatic carbocycles. The maximum atomic E-state index is 12.4. The van der Waals surface area contributed by atoms with Gasteiger partial charge in [-0.2, -0.15) is 0 Å². The van der Waals surface area contributed by atoms with Crippen LogP contribution >= 0.6 is 0 Å². The number of benzene rings is 1. The van der Waals surface area contributed by atoms with E-state index < -0.39 is 24.3 Å². The van der Waals surface area contributed by atoms with Crippen LogP contribution in [0.4, 0.5) is 0 Å². The summed E-state index contributed by atoms with van der Waals surface area (Å²) in [5.41, 5.74) is 2.17. The third-order valence-corrected chi connectivity index (χ3v) is 4.27. The zero-order chi connectivity index (χ0) is 21.6. The van der Waals surface area contributed by atoms with Crippen LogP contribution < -0.4 is 9.47 Å². The third-order valence-electron chi connectivity index (χ3n) is 4.27. The first-order chi connectivity index (χ1) is 13.8. The molecular weight excluding hydrogens is 378 g/mol. The van der Waals surface area contributed by atoms with Crippen molar-refractivity contribution in [3.63, 3.8) is 0 Å². The normalized spacial score (nSPS) is 10.7. The van der Waals surface area contributed by atoms with E-state index in [-0.39, 0.29) is 5.69 Å². The average Bonchev–Trinajstić information content (AvgIpc) is 3.03. The second kappa shape index (κ2) is 9.59. The maximum absolute atomic E-state index is 12.4. The maximum Gasteiger partial charge on any atom is 0.339 e. The number of ketones is 1. The number of aromatic amines is 1. The summed E-state index contributed by atoms with van der Waals surface area (Å²) in [6.07, 6.45) is 2.75. The van der Waals surface area contributed by atoms with Gasteiger partial charge in [0.2, 0.25) is 5.78 Å². The van der Waals surface area contributed by atoms with Crippen LogP contribution in [-0.2, 0) is 14.3 Å². The predicted octanol–water partition coefficient (Wildman–Crippen LogP) is 2.87. The minimum absolute atomic E-state index is 0.208. The van der Waals surface area contributed by atoms with Crippen LogP contribution in [0.15, 0.2) is 24.3 Å². The number of aryl methyl sites for hydroxylation is 1. The lowest BCUT2D eigenvalue weighted by Gasteiger charge is -2.07. The van der Waals surface area contributed by atoms with Crippen LogP contribution in [0.25, 0.3) is 6.08 Å². The number of ether oxygens (including phenoxy) is 4. The van der Waals surface area contributed by atoms with E-state index in [1.165, 1.54) is 33.5 Å². The van der Waals surface area contributed by atoms with Gasteiger partial charge >= 0.3 is 11.9 Å². The zero-order valence-electron chi connectivity index (χ0n) is 17.0. The Labute approximate surface area is 168 Å². The monoisotopic (exact) mass is 401 g/mol. The van der Waals surface area contributed by atoms with E-state index in [4.69, 9.17) is 18.9 Å². The van der Waals surface area contributed by atoms with Gasteiger partial charge in [-0.25, -0.2) is 9.59 Å². The molecule has 0 aliphatic heterocycles. The molecule has 0 atom stereocenters. The number of aromatic nitrogens is 1. The second-order valence-electron chi connectivity index (χ2n) is 6.10. The van der Waals surface area contributed by atoms with E-state index >= 15 is 0 Å². The van der Waals surface area contributed by atoms with Gasteiger partial charge in [-0.05, 0) is 43.2 Å². The van der Waals surface area contributed by atoms with E-state index in [1.54, 1.807) is 32.0 Å². The van der Waals surface area contributed by atoms with Gasteiger partial charge in [-0.1, -0.05) is 6.07 Å². The van der Waals surface area contributed by atoms with Crippen LogP contribution in [0.2, 0.25) is 0 Å². The Balaban J connectivity index is 2.02. The lowest BCUT2D eigenvalue weighted by atomic mass is 10.1. The van der Waals surface area contributed by atoms with Gasteiger partial charge in [0.25, 0.3) is 0 Å². The number of hydrogen-bond acceptors (Lipinski definition) is 7. The summed E-state index contributed by atoms with van der Waals surface area (Å²) in [6.45, 7) is 2.83. The molecule has 0 amide bonds. The molecule has 0 saturated carbocycles. The number of Topliss-reactive ketones (excluding diaryl/α,β-unsaturated/α-hetero) is 1. The van der Waals surface area contributed by atoms with Crippen molar-refractivity contribution in [1.29, 1.82) is 0 Å². The van der Waals surface area contributed by atoms with Crippen molar-refractivity contribution in [2.24, 2.45) is 0 Å².